The van der Waals surface area contributed by atoms with Crippen LogP contribution in [0.25, 0.3) is 0 Å². The molecule has 0 bridgehead atoms. The van der Waals surface area contributed by atoms with Crippen molar-refractivity contribution in [3.63, 3.8) is 0 Å². The Balaban J connectivity index is 1.40. The Labute approximate surface area is 239 Å². The molecule has 8 heteroatoms. The van der Waals surface area contributed by atoms with Crippen LogP contribution in [-0.2, 0) is 22.7 Å². The minimum absolute atomic E-state index is 0.192. The van der Waals surface area contributed by atoms with Crippen molar-refractivity contribution in [1.29, 1.82) is 0 Å². The number of unbranched alkanes of at least 4 members (excludes halogenated alkanes) is 1. The number of benzene rings is 3. The Hall–Kier alpha value is -4.04. The topological polar surface area (TPSA) is 78.3 Å². The highest BCUT2D eigenvalue weighted by molar-refractivity contribution is 7.99. The third-order valence-electron chi connectivity index (χ3n) is 6.72. The first-order valence-electron chi connectivity index (χ1n) is 13.6. The number of anilines is 1. The normalized spacial score (nSPS) is 14.4. The van der Waals surface area contributed by atoms with Gasteiger partial charge in [-0.2, -0.15) is 4.98 Å². The number of hydrogen-bond acceptors (Lipinski definition) is 7. The Kier molecular flexibility index (Phi) is 8.86. The van der Waals surface area contributed by atoms with E-state index in [0.29, 0.717) is 29.0 Å². The monoisotopic (exact) mass is 554 g/mol. The third-order valence-corrected chi connectivity index (χ3v) is 7.64. The van der Waals surface area contributed by atoms with Gasteiger partial charge in [-0.25, -0.2) is 9.48 Å². The molecule has 7 nitrogen and oxygen atoms in total. The van der Waals surface area contributed by atoms with E-state index in [2.05, 4.69) is 43.4 Å². The number of hydrogen-bond donors (Lipinski definition) is 1. The smallest absolute Gasteiger partial charge is 0.338 e. The molecule has 2 heterocycles. The summed E-state index contributed by atoms with van der Waals surface area (Å²) in [6.07, 6.45) is 2.20. The summed E-state index contributed by atoms with van der Waals surface area (Å²) in [5, 5.41) is 8.77. The number of aromatic nitrogens is 3. The summed E-state index contributed by atoms with van der Waals surface area (Å²) in [5.74, 6) is 1.92. The first kappa shape index (κ1) is 27.5. The first-order valence-corrected chi connectivity index (χ1v) is 14.6. The fourth-order valence-corrected chi connectivity index (χ4v) is 5.38. The molecule has 0 spiro atoms. The second kappa shape index (κ2) is 12.9. The van der Waals surface area contributed by atoms with E-state index in [1.807, 2.05) is 61.5 Å². The van der Waals surface area contributed by atoms with Crippen molar-refractivity contribution in [1.82, 2.24) is 14.8 Å². The fraction of sp³-hybridized carbons (Fsp3) is 0.281. The van der Waals surface area contributed by atoms with E-state index in [0.717, 1.165) is 41.0 Å². The zero-order chi connectivity index (χ0) is 27.9. The molecule has 1 unspecified atom stereocenters. The van der Waals surface area contributed by atoms with Crippen molar-refractivity contribution in [3.8, 4) is 5.75 Å². The van der Waals surface area contributed by atoms with E-state index in [1.54, 1.807) is 16.4 Å². The van der Waals surface area contributed by atoms with Gasteiger partial charge in [-0.15, -0.1) is 5.10 Å². The first-order chi connectivity index (χ1) is 19.5. The summed E-state index contributed by atoms with van der Waals surface area (Å²) >= 11 is 1.62. The standard InChI is InChI=1S/C32H34N4O3S/c1-4-5-19-40-32-34-31-33-23(3)28(30(37)39-21-24-9-7-6-8-10-24)29(36(31)35-32)26-15-17-27(18-16-26)38-20-25-13-11-22(2)12-14-25/h6-18,29H,4-5,19-21H2,1-3H3,(H,33,34,35). The molecule has 1 aromatic heterocycles. The summed E-state index contributed by atoms with van der Waals surface area (Å²) in [4.78, 5) is 18.2. The second-order valence-electron chi connectivity index (χ2n) is 9.84. The highest BCUT2D eigenvalue weighted by Gasteiger charge is 2.35. The van der Waals surface area contributed by atoms with E-state index in [4.69, 9.17) is 19.6 Å². The number of carbonyl (C=O) groups is 1. The average Bonchev–Trinajstić information content (AvgIpc) is 3.38. The maximum atomic E-state index is 13.5. The van der Waals surface area contributed by atoms with Gasteiger partial charge in [0, 0.05) is 11.4 Å². The van der Waals surface area contributed by atoms with Gasteiger partial charge in [-0.3, -0.25) is 0 Å². The lowest BCUT2D eigenvalue weighted by atomic mass is 9.95. The molecule has 1 aliphatic rings. The molecule has 0 aliphatic carbocycles. The van der Waals surface area contributed by atoms with Crippen LogP contribution in [0.4, 0.5) is 5.95 Å². The molecule has 0 saturated carbocycles. The van der Waals surface area contributed by atoms with Gasteiger partial charge in [-0.05, 0) is 49.1 Å². The number of esters is 1. The maximum absolute atomic E-state index is 13.5. The molecule has 0 fully saturated rings. The molecule has 1 atom stereocenters. The highest BCUT2D eigenvalue weighted by Crippen LogP contribution is 2.37. The molecular weight excluding hydrogens is 520 g/mol. The Morgan fingerprint density at radius 2 is 1.68 bits per heavy atom. The van der Waals surface area contributed by atoms with Crippen LogP contribution >= 0.6 is 11.8 Å². The molecule has 1 aliphatic heterocycles. The number of carbonyl (C=O) groups excluding carboxylic acids is 1. The predicted molar refractivity (Wildman–Crippen MR) is 158 cm³/mol. The van der Waals surface area contributed by atoms with Gasteiger partial charge >= 0.3 is 5.97 Å². The molecule has 40 heavy (non-hydrogen) atoms. The fourth-order valence-electron chi connectivity index (χ4n) is 4.47. The van der Waals surface area contributed by atoms with Gasteiger partial charge in [0.2, 0.25) is 11.1 Å². The number of thioether (sulfide) groups is 1. The average molecular weight is 555 g/mol. The van der Waals surface area contributed by atoms with E-state index in [1.165, 1.54) is 5.56 Å². The number of nitrogens with zero attached hydrogens (tertiary/aromatic N) is 3. The quantitative estimate of drug-likeness (QED) is 0.120. The minimum atomic E-state index is -0.487. The number of fused-ring (bicyclic) bond motifs is 1. The van der Waals surface area contributed by atoms with Gasteiger partial charge < -0.3 is 14.8 Å². The number of nitrogens with one attached hydrogen (secondary N) is 1. The molecule has 4 aromatic rings. The van der Waals surface area contributed by atoms with E-state index < -0.39 is 6.04 Å². The Bertz CT molecular complexity index is 1460. The largest absolute Gasteiger partial charge is 0.489 e. The van der Waals surface area contributed by atoms with Crippen molar-refractivity contribution in [3.05, 3.63) is 112 Å². The lowest BCUT2D eigenvalue weighted by molar-refractivity contribution is -0.140. The van der Waals surface area contributed by atoms with Crippen LogP contribution in [0.15, 0.2) is 95.3 Å². The highest BCUT2D eigenvalue weighted by atomic mass is 32.2. The van der Waals surface area contributed by atoms with Gasteiger partial charge in [0.1, 0.15) is 25.0 Å². The van der Waals surface area contributed by atoms with Crippen molar-refractivity contribution < 1.29 is 14.3 Å². The van der Waals surface area contributed by atoms with Crippen LogP contribution in [0.5, 0.6) is 5.75 Å². The summed E-state index contributed by atoms with van der Waals surface area (Å²) in [6, 6.07) is 25.3. The van der Waals surface area contributed by atoms with Crippen LogP contribution in [-0.4, -0.2) is 26.5 Å². The number of allylic oxidation sites excluding steroid dienone is 1. The lowest BCUT2D eigenvalue weighted by Gasteiger charge is -2.28. The second-order valence-corrected chi connectivity index (χ2v) is 10.9. The Morgan fingerprint density at radius 3 is 2.40 bits per heavy atom. The molecule has 5 rings (SSSR count). The van der Waals surface area contributed by atoms with Crippen molar-refractivity contribution in [2.45, 2.75) is 58.0 Å². The van der Waals surface area contributed by atoms with E-state index >= 15 is 0 Å². The number of rotatable bonds is 11. The van der Waals surface area contributed by atoms with E-state index in [9.17, 15) is 4.79 Å². The molecular formula is C32H34N4O3S. The van der Waals surface area contributed by atoms with Crippen LogP contribution in [0, 0.1) is 6.92 Å². The molecule has 1 N–H and O–H groups in total. The van der Waals surface area contributed by atoms with Crippen molar-refractivity contribution in [2.24, 2.45) is 0 Å². The third kappa shape index (κ3) is 6.57. The van der Waals surface area contributed by atoms with Gasteiger partial charge in [-0.1, -0.05) is 97.4 Å². The summed E-state index contributed by atoms with van der Waals surface area (Å²) in [5.41, 5.74) is 5.36. The summed E-state index contributed by atoms with van der Waals surface area (Å²) in [6.45, 7) is 6.79. The predicted octanol–water partition coefficient (Wildman–Crippen LogP) is 7.09. The van der Waals surface area contributed by atoms with Crippen LogP contribution in [0.2, 0.25) is 0 Å². The Morgan fingerprint density at radius 1 is 0.950 bits per heavy atom. The zero-order valence-electron chi connectivity index (χ0n) is 23.1. The zero-order valence-corrected chi connectivity index (χ0v) is 23.9. The van der Waals surface area contributed by atoms with Gasteiger partial charge in [0.25, 0.3) is 0 Å². The van der Waals surface area contributed by atoms with Crippen LogP contribution in [0.1, 0.15) is 55.0 Å². The molecule has 0 amide bonds. The van der Waals surface area contributed by atoms with Gasteiger partial charge in [0.05, 0.1) is 5.57 Å². The molecule has 206 valence electrons. The van der Waals surface area contributed by atoms with Crippen molar-refractivity contribution in [2.75, 3.05) is 11.1 Å². The number of aryl methyl sites for hydroxylation is 1. The molecule has 0 saturated heterocycles. The van der Waals surface area contributed by atoms with Crippen LogP contribution in [0.3, 0.4) is 0 Å². The molecule has 0 radical (unpaired) electrons. The molecule has 3 aromatic carbocycles. The maximum Gasteiger partial charge on any atom is 0.338 e. The number of ether oxygens (including phenoxy) is 2. The minimum Gasteiger partial charge on any atom is -0.489 e. The SMILES string of the molecule is CCCCSc1nc2n(n1)C(c1ccc(OCc3ccc(C)cc3)cc1)C(C(=O)OCc1ccccc1)=C(C)N2. The summed E-state index contributed by atoms with van der Waals surface area (Å²) in [7, 11) is 0. The summed E-state index contributed by atoms with van der Waals surface area (Å²) < 4.78 is 13.6. The van der Waals surface area contributed by atoms with Crippen molar-refractivity contribution >= 4 is 23.7 Å². The van der Waals surface area contributed by atoms with Gasteiger partial charge in [0.15, 0.2) is 0 Å². The van der Waals surface area contributed by atoms with E-state index in [-0.39, 0.29) is 12.6 Å². The van der Waals surface area contributed by atoms with Crippen LogP contribution < -0.4 is 10.1 Å². The lowest BCUT2D eigenvalue weighted by Crippen LogP contribution is -2.29.